The Balaban J connectivity index is 2.53. The van der Waals surface area contributed by atoms with Crippen LogP contribution in [-0.4, -0.2) is 0 Å². The van der Waals surface area contributed by atoms with Gasteiger partial charge in [-0.1, -0.05) is 6.07 Å². The smallest absolute Gasteiger partial charge is 0.131 e. The van der Waals surface area contributed by atoms with Gasteiger partial charge in [0.2, 0.25) is 0 Å². The van der Waals surface area contributed by atoms with Gasteiger partial charge in [-0.05, 0) is 36.1 Å². The standard InChI is InChI=1S/C12H12F2N2S/c1-7-8(5-6-17-7)12(16-15)11-9(13)3-2-4-10(11)14/h2-6,12,16H,15H2,1H3. The molecule has 90 valence electrons. The van der Waals surface area contributed by atoms with E-state index in [4.69, 9.17) is 5.84 Å². The van der Waals surface area contributed by atoms with E-state index >= 15 is 0 Å². The van der Waals surface area contributed by atoms with Crippen molar-refractivity contribution >= 4 is 11.3 Å². The third kappa shape index (κ3) is 2.22. The number of nitrogens with one attached hydrogen (secondary N) is 1. The maximum atomic E-state index is 13.7. The fourth-order valence-electron chi connectivity index (χ4n) is 1.81. The first kappa shape index (κ1) is 12.2. The zero-order valence-corrected chi connectivity index (χ0v) is 10.0. The second-order valence-corrected chi connectivity index (χ2v) is 4.79. The number of benzene rings is 1. The van der Waals surface area contributed by atoms with Gasteiger partial charge < -0.3 is 0 Å². The molecule has 0 amide bonds. The van der Waals surface area contributed by atoms with E-state index in [-0.39, 0.29) is 5.56 Å². The fourth-order valence-corrected chi connectivity index (χ4v) is 2.55. The molecule has 2 rings (SSSR count). The molecule has 0 radical (unpaired) electrons. The highest BCUT2D eigenvalue weighted by molar-refractivity contribution is 7.10. The van der Waals surface area contributed by atoms with Gasteiger partial charge in [-0.2, -0.15) is 0 Å². The number of nitrogens with two attached hydrogens (primary N) is 1. The molecule has 0 spiro atoms. The van der Waals surface area contributed by atoms with Gasteiger partial charge in [0.15, 0.2) is 0 Å². The highest BCUT2D eigenvalue weighted by Crippen LogP contribution is 2.30. The Labute approximate surface area is 102 Å². The molecule has 17 heavy (non-hydrogen) atoms. The summed E-state index contributed by atoms with van der Waals surface area (Å²) in [5.74, 6) is 4.23. The first-order chi connectivity index (χ1) is 8.15. The summed E-state index contributed by atoms with van der Waals surface area (Å²) in [6, 6.07) is 4.94. The van der Waals surface area contributed by atoms with Gasteiger partial charge >= 0.3 is 0 Å². The van der Waals surface area contributed by atoms with Gasteiger partial charge in [-0.25, -0.2) is 14.2 Å². The minimum absolute atomic E-state index is 0.0449. The van der Waals surface area contributed by atoms with E-state index in [1.807, 2.05) is 18.4 Å². The Hall–Kier alpha value is -1.30. The number of hydrazine groups is 1. The van der Waals surface area contributed by atoms with Gasteiger partial charge in [0, 0.05) is 10.4 Å². The van der Waals surface area contributed by atoms with E-state index in [0.29, 0.717) is 0 Å². The van der Waals surface area contributed by atoms with E-state index in [1.165, 1.54) is 29.5 Å². The Bertz CT molecular complexity index is 505. The quantitative estimate of drug-likeness (QED) is 0.653. The molecule has 0 aliphatic heterocycles. The maximum Gasteiger partial charge on any atom is 0.131 e. The summed E-state index contributed by atoms with van der Waals surface area (Å²) in [7, 11) is 0. The Morgan fingerprint density at radius 1 is 1.24 bits per heavy atom. The van der Waals surface area contributed by atoms with Crippen molar-refractivity contribution in [2.45, 2.75) is 13.0 Å². The molecule has 5 heteroatoms. The van der Waals surface area contributed by atoms with Crippen LogP contribution in [0.15, 0.2) is 29.6 Å². The van der Waals surface area contributed by atoms with Crippen molar-refractivity contribution in [1.29, 1.82) is 0 Å². The number of hydrogen-bond donors (Lipinski definition) is 2. The van der Waals surface area contributed by atoms with Gasteiger partial charge in [-0.15, -0.1) is 11.3 Å². The van der Waals surface area contributed by atoms with E-state index in [1.54, 1.807) is 0 Å². The molecule has 1 aromatic carbocycles. The van der Waals surface area contributed by atoms with Gasteiger partial charge in [-0.3, -0.25) is 5.84 Å². The molecule has 1 atom stereocenters. The predicted octanol–water partition coefficient (Wildman–Crippen LogP) is 2.89. The van der Waals surface area contributed by atoms with Crippen LogP contribution in [-0.2, 0) is 0 Å². The molecule has 1 heterocycles. The average Bonchev–Trinajstić information content (AvgIpc) is 2.70. The number of aryl methyl sites for hydroxylation is 1. The fraction of sp³-hybridized carbons (Fsp3) is 0.167. The van der Waals surface area contributed by atoms with Crippen molar-refractivity contribution in [3.05, 3.63) is 57.3 Å². The molecule has 0 saturated carbocycles. The predicted molar refractivity (Wildman–Crippen MR) is 64.6 cm³/mol. The van der Waals surface area contributed by atoms with Crippen LogP contribution >= 0.6 is 11.3 Å². The van der Waals surface area contributed by atoms with Crippen molar-refractivity contribution in [3.63, 3.8) is 0 Å². The third-order valence-corrected chi connectivity index (χ3v) is 3.53. The molecule has 0 fully saturated rings. The third-order valence-electron chi connectivity index (χ3n) is 2.66. The lowest BCUT2D eigenvalue weighted by molar-refractivity contribution is 0.510. The molecule has 0 aliphatic carbocycles. The van der Waals surface area contributed by atoms with Crippen LogP contribution in [0.25, 0.3) is 0 Å². The van der Waals surface area contributed by atoms with Crippen molar-refractivity contribution < 1.29 is 8.78 Å². The number of hydrogen-bond acceptors (Lipinski definition) is 3. The Morgan fingerprint density at radius 3 is 2.35 bits per heavy atom. The van der Waals surface area contributed by atoms with Crippen LogP contribution in [0.2, 0.25) is 0 Å². The highest BCUT2D eigenvalue weighted by Gasteiger charge is 2.22. The zero-order chi connectivity index (χ0) is 12.4. The van der Waals surface area contributed by atoms with Crippen molar-refractivity contribution in [2.24, 2.45) is 5.84 Å². The molecule has 1 aromatic heterocycles. The molecule has 0 aliphatic rings. The van der Waals surface area contributed by atoms with Crippen LogP contribution in [0.3, 0.4) is 0 Å². The normalized spacial score (nSPS) is 12.7. The summed E-state index contributed by atoms with van der Waals surface area (Å²) < 4.78 is 27.4. The second-order valence-electron chi connectivity index (χ2n) is 3.67. The number of rotatable bonds is 3. The first-order valence-corrected chi connectivity index (χ1v) is 5.97. The number of thiophene rings is 1. The van der Waals surface area contributed by atoms with Crippen LogP contribution in [0.5, 0.6) is 0 Å². The molecular formula is C12H12F2N2S. The monoisotopic (exact) mass is 254 g/mol. The molecule has 2 nitrogen and oxygen atoms in total. The lowest BCUT2D eigenvalue weighted by atomic mass is 9.99. The molecule has 3 N–H and O–H groups in total. The van der Waals surface area contributed by atoms with Gasteiger partial charge in [0.25, 0.3) is 0 Å². The molecule has 1 unspecified atom stereocenters. The molecule has 2 aromatic rings. The largest absolute Gasteiger partial charge is 0.271 e. The minimum Gasteiger partial charge on any atom is -0.271 e. The van der Waals surface area contributed by atoms with Crippen LogP contribution < -0.4 is 11.3 Å². The van der Waals surface area contributed by atoms with Crippen LogP contribution in [0, 0.1) is 18.6 Å². The first-order valence-electron chi connectivity index (χ1n) is 5.09. The Morgan fingerprint density at radius 2 is 1.88 bits per heavy atom. The summed E-state index contributed by atoms with van der Waals surface area (Å²) in [6.07, 6.45) is 0. The van der Waals surface area contributed by atoms with Crippen molar-refractivity contribution in [3.8, 4) is 0 Å². The molecular weight excluding hydrogens is 242 g/mol. The SMILES string of the molecule is Cc1sccc1C(NN)c1c(F)cccc1F. The minimum atomic E-state index is -0.664. The van der Waals surface area contributed by atoms with Crippen LogP contribution in [0.1, 0.15) is 22.0 Å². The highest BCUT2D eigenvalue weighted by atomic mass is 32.1. The summed E-state index contributed by atoms with van der Waals surface area (Å²) in [5.41, 5.74) is 3.22. The topological polar surface area (TPSA) is 38.0 Å². The lowest BCUT2D eigenvalue weighted by Gasteiger charge is -2.17. The summed E-state index contributed by atoms with van der Waals surface area (Å²) >= 11 is 1.51. The summed E-state index contributed by atoms with van der Waals surface area (Å²) in [6.45, 7) is 1.89. The van der Waals surface area contributed by atoms with Crippen molar-refractivity contribution in [2.75, 3.05) is 0 Å². The molecule has 0 saturated heterocycles. The van der Waals surface area contributed by atoms with E-state index in [2.05, 4.69) is 5.43 Å². The van der Waals surface area contributed by atoms with Crippen molar-refractivity contribution in [1.82, 2.24) is 5.43 Å². The number of halogens is 2. The van der Waals surface area contributed by atoms with E-state index in [0.717, 1.165) is 10.4 Å². The van der Waals surface area contributed by atoms with E-state index in [9.17, 15) is 8.78 Å². The second kappa shape index (κ2) is 4.91. The van der Waals surface area contributed by atoms with Gasteiger partial charge in [0.1, 0.15) is 11.6 Å². The maximum absolute atomic E-state index is 13.7. The zero-order valence-electron chi connectivity index (χ0n) is 9.21. The lowest BCUT2D eigenvalue weighted by Crippen LogP contribution is -2.30. The molecule has 0 bridgehead atoms. The summed E-state index contributed by atoms with van der Waals surface area (Å²) in [4.78, 5) is 0.982. The summed E-state index contributed by atoms with van der Waals surface area (Å²) in [5, 5.41) is 1.87. The average molecular weight is 254 g/mol. The van der Waals surface area contributed by atoms with E-state index < -0.39 is 17.7 Å². The van der Waals surface area contributed by atoms with Gasteiger partial charge in [0.05, 0.1) is 6.04 Å². The Kier molecular flexibility index (Phi) is 3.51. The van der Waals surface area contributed by atoms with Crippen LogP contribution in [0.4, 0.5) is 8.78 Å².